The fourth-order valence-corrected chi connectivity index (χ4v) is 3.93. The first-order valence-electron chi connectivity index (χ1n) is 10.4. The average molecular weight is 420 g/mol. The topological polar surface area (TPSA) is 84.0 Å². The summed E-state index contributed by atoms with van der Waals surface area (Å²) < 4.78 is 5.21. The van der Waals surface area contributed by atoms with Gasteiger partial charge >= 0.3 is 5.97 Å². The molecule has 0 unspecified atom stereocenters. The lowest BCUT2D eigenvalue weighted by molar-refractivity contribution is -0.147. The number of amides is 2. The molecule has 2 aromatic rings. The van der Waals surface area contributed by atoms with Crippen molar-refractivity contribution in [2.45, 2.75) is 26.2 Å². The second-order valence-corrected chi connectivity index (χ2v) is 7.97. The number of rotatable bonds is 6. The molecule has 2 saturated heterocycles. The average Bonchev–Trinajstić information content (AvgIpc) is 3.38. The molecule has 2 heterocycles. The Hall–Kier alpha value is -3.48. The van der Waals surface area contributed by atoms with Gasteiger partial charge in [-0.2, -0.15) is 0 Å². The van der Waals surface area contributed by atoms with Crippen molar-refractivity contribution < 1.29 is 23.9 Å². The molecule has 1 atom stereocenters. The van der Waals surface area contributed by atoms with Crippen molar-refractivity contribution in [2.75, 3.05) is 29.5 Å². The molecule has 160 valence electrons. The summed E-state index contributed by atoms with van der Waals surface area (Å²) >= 11 is 0. The summed E-state index contributed by atoms with van der Waals surface area (Å²) in [6, 6.07) is 14.3. The largest absolute Gasteiger partial charge is 0.457 e. The summed E-state index contributed by atoms with van der Waals surface area (Å²) in [7, 11) is 0. The summed E-state index contributed by atoms with van der Waals surface area (Å²) in [6.45, 7) is 2.51. The second-order valence-electron chi connectivity index (χ2n) is 7.97. The minimum atomic E-state index is -0.592. The predicted octanol–water partition coefficient (Wildman–Crippen LogP) is 2.90. The maximum Gasteiger partial charge on any atom is 0.311 e. The minimum Gasteiger partial charge on any atom is -0.457 e. The van der Waals surface area contributed by atoms with Gasteiger partial charge in [-0.05, 0) is 49.7 Å². The third kappa shape index (κ3) is 4.50. The van der Waals surface area contributed by atoms with Gasteiger partial charge in [0.25, 0.3) is 0 Å². The van der Waals surface area contributed by atoms with Crippen molar-refractivity contribution in [2.24, 2.45) is 5.92 Å². The SMILES string of the molecule is Cc1ccc(N2C[C@@H](C(=O)OCC(=O)c3ccc(N4CCCC4=O)cc3)CC2=O)cc1. The molecule has 2 fully saturated rings. The van der Waals surface area contributed by atoms with E-state index in [1.165, 1.54) is 0 Å². The molecule has 0 bridgehead atoms. The van der Waals surface area contributed by atoms with Gasteiger partial charge in [-0.1, -0.05) is 17.7 Å². The monoisotopic (exact) mass is 420 g/mol. The zero-order chi connectivity index (χ0) is 22.0. The molecule has 7 heteroatoms. The Balaban J connectivity index is 1.31. The smallest absolute Gasteiger partial charge is 0.311 e. The highest BCUT2D eigenvalue weighted by Gasteiger charge is 2.36. The van der Waals surface area contributed by atoms with Crippen LogP contribution in [0.1, 0.15) is 35.2 Å². The van der Waals surface area contributed by atoms with E-state index in [2.05, 4.69) is 0 Å². The molecule has 2 amide bonds. The molecular formula is C24H24N2O5. The number of ketones is 1. The number of esters is 1. The van der Waals surface area contributed by atoms with Gasteiger partial charge in [0.1, 0.15) is 0 Å². The van der Waals surface area contributed by atoms with Gasteiger partial charge in [0, 0.05) is 42.9 Å². The number of nitrogens with zero attached hydrogens (tertiary/aromatic N) is 2. The van der Waals surface area contributed by atoms with Gasteiger partial charge in [0.2, 0.25) is 11.8 Å². The number of carbonyl (C=O) groups is 4. The number of anilines is 2. The third-order valence-corrected chi connectivity index (χ3v) is 5.72. The number of carbonyl (C=O) groups excluding carboxylic acids is 4. The first-order chi connectivity index (χ1) is 14.9. The molecule has 0 aromatic heterocycles. The van der Waals surface area contributed by atoms with Crippen LogP contribution in [0.3, 0.4) is 0 Å². The number of hydrogen-bond acceptors (Lipinski definition) is 5. The lowest BCUT2D eigenvalue weighted by Crippen LogP contribution is -2.27. The van der Waals surface area contributed by atoms with Crippen molar-refractivity contribution in [1.29, 1.82) is 0 Å². The van der Waals surface area contributed by atoms with E-state index >= 15 is 0 Å². The van der Waals surface area contributed by atoms with Crippen LogP contribution in [-0.2, 0) is 19.1 Å². The van der Waals surface area contributed by atoms with E-state index in [0.717, 1.165) is 23.4 Å². The van der Waals surface area contributed by atoms with Crippen molar-refractivity contribution in [1.82, 2.24) is 0 Å². The van der Waals surface area contributed by atoms with E-state index in [4.69, 9.17) is 4.74 Å². The van der Waals surface area contributed by atoms with Gasteiger partial charge in [0.05, 0.1) is 5.92 Å². The molecule has 2 aromatic carbocycles. The van der Waals surface area contributed by atoms with Crippen molar-refractivity contribution >= 4 is 34.9 Å². The lowest BCUT2D eigenvalue weighted by atomic mass is 10.1. The molecule has 31 heavy (non-hydrogen) atoms. The maximum absolute atomic E-state index is 12.4. The van der Waals surface area contributed by atoms with Crippen LogP contribution in [0.15, 0.2) is 48.5 Å². The third-order valence-electron chi connectivity index (χ3n) is 5.72. The van der Waals surface area contributed by atoms with Crippen LogP contribution in [0.4, 0.5) is 11.4 Å². The highest BCUT2D eigenvalue weighted by atomic mass is 16.5. The molecule has 4 rings (SSSR count). The Morgan fingerprint density at radius 2 is 1.58 bits per heavy atom. The van der Waals surface area contributed by atoms with E-state index in [1.54, 1.807) is 34.1 Å². The number of aryl methyl sites for hydroxylation is 1. The number of ether oxygens (including phenoxy) is 1. The van der Waals surface area contributed by atoms with Crippen LogP contribution in [0, 0.1) is 12.8 Å². The van der Waals surface area contributed by atoms with E-state index in [9.17, 15) is 19.2 Å². The van der Waals surface area contributed by atoms with Gasteiger partial charge in [-0.3, -0.25) is 19.2 Å². The molecular weight excluding hydrogens is 396 g/mol. The zero-order valence-electron chi connectivity index (χ0n) is 17.4. The Bertz CT molecular complexity index is 1010. The quantitative estimate of drug-likeness (QED) is 0.530. The Morgan fingerprint density at radius 3 is 2.23 bits per heavy atom. The molecule has 0 spiro atoms. The summed E-state index contributed by atoms with van der Waals surface area (Å²) in [6.07, 6.45) is 1.45. The molecule has 2 aliphatic heterocycles. The molecule has 2 aliphatic rings. The lowest BCUT2D eigenvalue weighted by Gasteiger charge is -2.17. The van der Waals surface area contributed by atoms with E-state index < -0.39 is 11.9 Å². The minimum absolute atomic E-state index is 0.0689. The van der Waals surface area contributed by atoms with Crippen LogP contribution >= 0.6 is 0 Å². The molecule has 0 aliphatic carbocycles. The van der Waals surface area contributed by atoms with E-state index in [1.807, 2.05) is 31.2 Å². The van der Waals surface area contributed by atoms with Crippen LogP contribution in [0.5, 0.6) is 0 Å². The number of hydrogen-bond donors (Lipinski definition) is 0. The van der Waals surface area contributed by atoms with Crippen LogP contribution in [0.25, 0.3) is 0 Å². The van der Waals surface area contributed by atoms with E-state index in [-0.39, 0.29) is 37.2 Å². The Labute approximate surface area is 180 Å². The first kappa shape index (κ1) is 20.8. The van der Waals surface area contributed by atoms with Crippen LogP contribution in [0.2, 0.25) is 0 Å². The summed E-state index contributed by atoms with van der Waals surface area (Å²) in [5.41, 5.74) is 3.01. The highest BCUT2D eigenvalue weighted by Crippen LogP contribution is 2.26. The molecule has 0 N–H and O–H groups in total. The van der Waals surface area contributed by atoms with E-state index in [0.29, 0.717) is 18.5 Å². The summed E-state index contributed by atoms with van der Waals surface area (Å²) in [5.74, 6) is -1.52. The Kier molecular flexibility index (Phi) is 5.84. The normalized spacial score (nSPS) is 18.5. The fourth-order valence-electron chi connectivity index (χ4n) is 3.93. The summed E-state index contributed by atoms with van der Waals surface area (Å²) in [5, 5.41) is 0. The van der Waals surface area contributed by atoms with Crippen molar-refractivity contribution in [3.8, 4) is 0 Å². The standard InChI is InChI=1S/C24H24N2O5/c1-16-4-8-20(9-5-16)26-14-18(13-23(26)29)24(30)31-15-21(27)17-6-10-19(11-7-17)25-12-2-3-22(25)28/h4-11,18H,2-3,12-15H2,1H3/t18-/m0/s1. The summed E-state index contributed by atoms with van der Waals surface area (Å²) in [4.78, 5) is 52.3. The number of benzene rings is 2. The van der Waals surface area contributed by atoms with Gasteiger partial charge in [-0.15, -0.1) is 0 Å². The second kappa shape index (κ2) is 8.71. The Morgan fingerprint density at radius 1 is 0.935 bits per heavy atom. The van der Waals surface area contributed by atoms with Crippen LogP contribution < -0.4 is 9.80 Å². The predicted molar refractivity (Wildman–Crippen MR) is 115 cm³/mol. The van der Waals surface area contributed by atoms with Crippen LogP contribution in [-0.4, -0.2) is 43.3 Å². The molecule has 7 nitrogen and oxygen atoms in total. The zero-order valence-corrected chi connectivity index (χ0v) is 17.4. The number of Topliss-reactive ketones (excluding diaryl/α,β-unsaturated/α-hetero) is 1. The van der Waals surface area contributed by atoms with Gasteiger partial charge in [-0.25, -0.2) is 0 Å². The molecule has 0 radical (unpaired) electrons. The first-order valence-corrected chi connectivity index (χ1v) is 10.4. The fraction of sp³-hybridized carbons (Fsp3) is 0.333. The van der Waals surface area contributed by atoms with Gasteiger partial charge < -0.3 is 14.5 Å². The molecule has 0 saturated carbocycles. The van der Waals surface area contributed by atoms with Crippen molar-refractivity contribution in [3.05, 3.63) is 59.7 Å². The maximum atomic E-state index is 12.4. The van der Waals surface area contributed by atoms with Crippen molar-refractivity contribution in [3.63, 3.8) is 0 Å². The van der Waals surface area contributed by atoms with Gasteiger partial charge in [0.15, 0.2) is 12.4 Å². The highest BCUT2D eigenvalue weighted by molar-refractivity contribution is 6.01.